The number of rotatable bonds is 3. The molecule has 19 heavy (non-hydrogen) atoms. The predicted octanol–water partition coefficient (Wildman–Crippen LogP) is 1.49. The van der Waals surface area contributed by atoms with Crippen molar-refractivity contribution in [1.29, 1.82) is 0 Å². The third kappa shape index (κ3) is 3.22. The van der Waals surface area contributed by atoms with Crippen LogP contribution in [0.2, 0.25) is 0 Å². The highest BCUT2D eigenvalue weighted by atomic mass is 16.2. The maximum Gasteiger partial charge on any atom is 0.225 e. The molecule has 0 atom stereocenters. The summed E-state index contributed by atoms with van der Waals surface area (Å²) < 4.78 is 0. The average molecular weight is 262 g/mol. The van der Waals surface area contributed by atoms with Crippen LogP contribution in [0.4, 0.5) is 5.95 Å². The molecule has 0 bridgehead atoms. The molecule has 0 aliphatic carbocycles. The van der Waals surface area contributed by atoms with E-state index < -0.39 is 0 Å². The van der Waals surface area contributed by atoms with E-state index >= 15 is 0 Å². The summed E-state index contributed by atoms with van der Waals surface area (Å²) in [4.78, 5) is 24.2. The molecule has 5 nitrogen and oxygen atoms in total. The van der Waals surface area contributed by atoms with Gasteiger partial charge in [-0.15, -0.1) is 0 Å². The zero-order chi connectivity index (χ0) is 13.8. The number of carbonyl (C=O) groups excluding carboxylic acids is 1. The lowest BCUT2D eigenvalue weighted by Gasteiger charge is -2.36. The van der Waals surface area contributed by atoms with E-state index in [1.807, 2.05) is 24.3 Å². The number of aromatic nitrogens is 2. The molecule has 1 amide bonds. The van der Waals surface area contributed by atoms with Crippen molar-refractivity contribution in [3.8, 4) is 0 Å². The van der Waals surface area contributed by atoms with Crippen LogP contribution in [0, 0.1) is 0 Å². The van der Waals surface area contributed by atoms with Crippen LogP contribution in [0.3, 0.4) is 0 Å². The Balaban J connectivity index is 1.93. The molecule has 0 radical (unpaired) electrons. The number of piperidine rings is 1. The van der Waals surface area contributed by atoms with Gasteiger partial charge >= 0.3 is 0 Å². The largest absolute Gasteiger partial charge is 0.343 e. The minimum atomic E-state index is 0.141. The molecule has 1 aliphatic heterocycles. The fourth-order valence-corrected chi connectivity index (χ4v) is 2.40. The fraction of sp³-hybridized carbons (Fsp3) is 0.643. The fourth-order valence-electron chi connectivity index (χ4n) is 2.40. The maximum absolute atomic E-state index is 11.4. The Morgan fingerprint density at radius 1 is 1.37 bits per heavy atom. The van der Waals surface area contributed by atoms with Crippen LogP contribution in [-0.2, 0) is 11.2 Å². The van der Waals surface area contributed by atoms with E-state index in [2.05, 4.69) is 21.8 Å². The Kier molecular flexibility index (Phi) is 4.35. The summed E-state index contributed by atoms with van der Waals surface area (Å²) in [5, 5.41) is 0. The van der Waals surface area contributed by atoms with Crippen LogP contribution in [0.5, 0.6) is 0 Å². The third-order valence-corrected chi connectivity index (χ3v) is 3.89. The Hall–Kier alpha value is -1.65. The van der Waals surface area contributed by atoms with Gasteiger partial charge in [-0.25, -0.2) is 9.97 Å². The van der Waals surface area contributed by atoms with E-state index in [1.165, 1.54) is 0 Å². The highest BCUT2D eigenvalue weighted by Gasteiger charge is 2.24. The van der Waals surface area contributed by atoms with Gasteiger partial charge in [0.1, 0.15) is 0 Å². The summed E-state index contributed by atoms with van der Waals surface area (Å²) in [5.41, 5.74) is 1.16. The lowest BCUT2D eigenvalue weighted by molar-refractivity contribution is -0.129. The highest BCUT2D eigenvalue weighted by molar-refractivity contribution is 5.73. The van der Waals surface area contributed by atoms with Crippen LogP contribution < -0.4 is 4.90 Å². The lowest BCUT2D eigenvalue weighted by atomic mass is 10.0. The van der Waals surface area contributed by atoms with Gasteiger partial charge in [0.15, 0.2) is 0 Å². The molecule has 2 heterocycles. The standard InChI is InChI=1S/C14H22N4O/c1-4-12-9-15-14(16-10-12)18-7-5-13(6-8-18)17(3)11(2)19/h9-10,13H,4-8H2,1-3H3. The molecule has 104 valence electrons. The van der Waals surface area contributed by atoms with Gasteiger partial charge < -0.3 is 9.80 Å². The first-order valence-corrected chi connectivity index (χ1v) is 6.91. The summed E-state index contributed by atoms with van der Waals surface area (Å²) in [5.74, 6) is 0.947. The molecule has 0 unspecified atom stereocenters. The van der Waals surface area contributed by atoms with Gasteiger partial charge in [-0.1, -0.05) is 6.92 Å². The van der Waals surface area contributed by atoms with Gasteiger partial charge in [0.25, 0.3) is 0 Å². The van der Waals surface area contributed by atoms with Gasteiger partial charge in [0, 0.05) is 45.5 Å². The van der Waals surface area contributed by atoms with Crippen LogP contribution >= 0.6 is 0 Å². The maximum atomic E-state index is 11.4. The zero-order valence-corrected chi connectivity index (χ0v) is 12.0. The number of hydrogen-bond acceptors (Lipinski definition) is 4. The number of nitrogens with zero attached hydrogens (tertiary/aromatic N) is 4. The van der Waals surface area contributed by atoms with Crippen LogP contribution in [0.1, 0.15) is 32.3 Å². The number of anilines is 1. The van der Waals surface area contributed by atoms with Gasteiger partial charge in [0.2, 0.25) is 11.9 Å². The Morgan fingerprint density at radius 2 is 1.95 bits per heavy atom. The van der Waals surface area contributed by atoms with Crippen LogP contribution in [0.15, 0.2) is 12.4 Å². The molecular formula is C14H22N4O. The molecule has 0 aromatic carbocycles. The molecule has 1 fully saturated rings. The van der Waals surface area contributed by atoms with E-state index in [0.29, 0.717) is 6.04 Å². The monoisotopic (exact) mass is 262 g/mol. The molecule has 5 heteroatoms. The second kappa shape index (κ2) is 5.99. The van der Waals surface area contributed by atoms with Crippen molar-refractivity contribution in [1.82, 2.24) is 14.9 Å². The van der Waals surface area contributed by atoms with E-state index in [9.17, 15) is 4.79 Å². The normalized spacial score (nSPS) is 16.5. The summed E-state index contributed by atoms with van der Waals surface area (Å²) in [6.45, 7) is 5.54. The number of aryl methyl sites for hydroxylation is 1. The second-order valence-corrected chi connectivity index (χ2v) is 5.09. The molecule has 1 aliphatic rings. The second-order valence-electron chi connectivity index (χ2n) is 5.09. The van der Waals surface area contributed by atoms with Crippen molar-refractivity contribution < 1.29 is 4.79 Å². The van der Waals surface area contributed by atoms with Crippen molar-refractivity contribution >= 4 is 11.9 Å². The molecule has 0 spiro atoms. The van der Waals surface area contributed by atoms with E-state index in [-0.39, 0.29) is 5.91 Å². The van der Waals surface area contributed by atoms with Crippen molar-refractivity contribution in [3.05, 3.63) is 18.0 Å². The van der Waals surface area contributed by atoms with E-state index in [1.54, 1.807) is 6.92 Å². The summed E-state index contributed by atoms with van der Waals surface area (Å²) in [6.07, 6.45) is 6.72. The van der Waals surface area contributed by atoms with Crippen molar-refractivity contribution in [2.75, 3.05) is 25.0 Å². The van der Waals surface area contributed by atoms with Gasteiger partial charge in [-0.2, -0.15) is 0 Å². The molecule has 0 saturated carbocycles. The summed E-state index contributed by atoms with van der Waals surface area (Å²) in [6, 6.07) is 0.351. The molecular weight excluding hydrogens is 240 g/mol. The van der Waals surface area contributed by atoms with Crippen molar-refractivity contribution in [2.24, 2.45) is 0 Å². The predicted molar refractivity (Wildman–Crippen MR) is 75.1 cm³/mol. The first-order chi connectivity index (χ1) is 9.11. The number of amides is 1. The van der Waals surface area contributed by atoms with Crippen LogP contribution in [0.25, 0.3) is 0 Å². The Labute approximate surface area is 114 Å². The third-order valence-electron chi connectivity index (χ3n) is 3.89. The van der Waals surface area contributed by atoms with Gasteiger partial charge in [-0.3, -0.25) is 4.79 Å². The molecule has 1 aromatic heterocycles. The first kappa shape index (κ1) is 13.8. The topological polar surface area (TPSA) is 49.3 Å². The summed E-state index contributed by atoms with van der Waals surface area (Å²) in [7, 11) is 1.88. The van der Waals surface area contributed by atoms with E-state index in [4.69, 9.17) is 0 Å². The van der Waals surface area contributed by atoms with Gasteiger partial charge in [0.05, 0.1) is 0 Å². The molecule has 1 saturated heterocycles. The van der Waals surface area contributed by atoms with Crippen molar-refractivity contribution in [2.45, 2.75) is 39.2 Å². The zero-order valence-electron chi connectivity index (χ0n) is 12.0. The van der Waals surface area contributed by atoms with Crippen molar-refractivity contribution in [3.63, 3.8) is 0 Å². The quantitative estimate of drug-likeness (QED) is 0.828. The number of carbonyl (C=O) groups is 1. The first-order valence-electron chi connectivity index (χ1n) is 6.91. The van der Waals surface area contributed by atoms with Crippen LogP contribution in [-0.4, -0.2) is 47.0 Å². The van der Waals surface area contributed by atoms with E-state index in [0.717, 1.165) is 43.9 Å². The molecule has 1 aromatic rings. The SMILES string of the molecule is CCc1cnc(N2CCC(N(C)C(C)=O)CC2)nc1. The molecule has 0 N–H and O–H groups in total. The smallest absolute Gasteiger partial charge is 0.225 e. The van der Waals surface area contributed by atoms with Gasteiger partial charge in [-0.05, 0) is 24.8 Å². The Bertz CT molecular complexity index is 424. The minimum absolute atomic E-state index is 0.141. The highest BCUT2D eigenvalue weighted by Crippen LogP contribution is 2.19. The molecule has 2 rings (SSSR count). The summed E-state index contributed by atoms with van der Waals surface area (Å²) >= 11 is 0. The average Bonchev–Trinajstić information content (AvgIpc) is 2.46. The Morgan fingerprint density at radius 3 is 2.42 bits per heavy atom. The minimum Gasteiger partial charge on any atom is -0.343 e. The lowest BCUT2D eigenvalue weighted by Crippen LogP contribution is -2.45. The number of hydrogen-bond donors (Lipinski definition) is 0.